The van der Waals surface area contributed by atoms with Crippen LogP contribution in [0.15, 0.2) is 47.4 Å². The average molecular weight is 307 g/mol. The number of methoxy groups -OCH3 is 1. The van der Waals surface area contributed by atoms with Crippen molar-refractivity contribution in [3.05, 3.63) is 58.6 Å². The number of hydrogen-bond acceptors (Lipinski definition) is 3. The lowest BCUT2D eigenvalue weighted by atomic mass is 10.0. The first-order valence-corrected chi connectivity index (χ1v) is 7.74. The van der Waals surface area contributed by atoms with E-state index in [0.29, 0.717) is 22.8 Å². The highest BCUT2D eigenvalue weighted by molar-refractivity contribution is 7.98. The number of hydrogen-bond donors (Lipinski definition) is 0. The maximum atomic E-state index is 12.2. The number of thioether (sulfide) groups is 1. The van der Waals surface area contributed by atoms with Gasteiger partial charge in [0.25, 0.3) is 0 Å². The third-order valence-corrected chi connectivity index (χ3v) is 4.04. The molecule has 2 aromatic rings. The highest BCUT2D eigenvalue weighted by atomic mass is 35.5. The molecular weight excluding hydrogens is 292 g/mol. The van der Waals surface area contributed by atoms with E-state index < -0.39 is 0 Å². The number of carbonyl (C=O) groups excluding carboxylic acids is 1. The molecule has 2 rings (SSSR count). The van der Waals surface area contributed by atoms with E-state index in [2.05, 4.69) is 0 Å². The summed E-state index contributed by atoms with van der Waals surface area (Å²) >= 11 is 7.72. The van der Waals surface area contributed by atoms with E-state index in [-0.39, 0.29) is 5.78 Å². The molecule has 104 valence electrons. The zero-order valence-corrected chi connectivity index (χ0v) is 12.9. The van der Waals surface area contributed by atoms with Crippen molar-refractivity contribution in [1.29, 1.82) is 0 Å². The molecule has 0 spiro atoms. The number of halogens is 1. The number of ketones is 1. The molecule has 0 saturated carbocycles. The normalized spacial score (nSPS) is 10.3. The fraction of sp³-hybridized carbons (Fsp3) is 0.188. The molecule has 4 heteroatoms. The average Bonchev–Trinajstić information content (AvgIpc) is 2.48. The van der Waals surface area contributed by atoms with Crippen LogP contribution >= 0.6 is 23.4 Å². The first-order chi connectivity index (χ1) is 9.63. The summed E-state index contributed by atoms with van der Waals surface area (Å²) in [4.78, 5) is 13.4. The summed E-state index contributed by atoms with van der Waals surface area (Å²) in [6.45, 7) is 0. The van der Waals surface area contributed by atoms with Gasteiger partial charge in [-0.1, -0.05) is 23.7 Å². The zero-order valence-electron chi connectivity index (χ0n) is 11.4. The van der Waals surface area contributed by atoms with Gasteiger partial charge in [-0.25, -0.2) is 0 Å². The molecule has 0 unspecified atom stereocenters. The summed E-state index contributed by atoms with van der Waals surface area (Å²) in [5.74, 6) is 0.624. The number of carbonyl (C=O) groups is 1. The Morgan fingerprint density at radius 1 is 1.20 bits per heavy atom. The maximum Gasteiger partial charge on any atom is 0.167 e. The van der Waals surface area contributed by atoms with E-state index >= 15 is 0 Å². The van der Waals surface area contributed by atoms with Crippen molar-refractivity contribution >= 4 is 29.1 Å². The molecule has 2 aromatic carbocycles. The molecule has 0 fully saturated rings. The number of ether oxygens (including phenoxy) is 1. The van der Waals surface area contributed by atoms with Crippen molar-refractivity contribution in [2.24, 2.45) is 0 Å². The second kappa shape index (κ2) is 6.82. The molecule has 0 radical (unpaired) electrons. The van der Waals surface area contributed by atoms with E-state index in [1.807, 2.05) is 30.5 Å². The molecule has 0 aliphatic carbocycles. The van der Waals surface area contributed by atoms with Crippen molar-refractivity contribution < 1.29 is 9.53 Å². The second-order valence-corrected chi connectivity index (χ2v) is 5.58. The molecular formula is C16H15ClO2S. The minimum Gasteiger partial charge on any atom is -0.495 e. The Bertz CT molecular complexity index is 608. The molecule has 0 aliphatic heterocycles. The Morgan fingerprint density at radius 2 is 1.90 bits per heavy atom. The van der Waals surface area contributed by atoms with Gasteiger partial charge in [0.15, 0.2) is 5.78 Å². The third kappa shape index (κ3) is 3.56. The van der Waals surface area contributed by atoms with Crippen LogP contribution in [0.2, 0.25) is 5.02 Å². The van der Waals surface area contributed by atoms with Crippen LogP contribution in [0.3, 0.4) is 0 Å². The summed E-state index contributed by atoms with van der Waals surface area (Å²) in [6, 6.07) is 13.1. The molecule has 0 aromatic heterocycles. The Hall–Kier alpha value is -1.45. The van der Waals surface area contributed by atoms with E-state index in [4.69, 9.17) is 16.3 Å². The number of benzene rings is 2. The Kier molecular flexibility index (Phi) is 5.10. The summed E-state index contributed by atoms with van der Waals surface area (Å²) < 4.78 is 5.08. The van der Waals surface area contributed by atoms with Crippen LogP contribution < -0.4 is 4.74 Å². The van der Waals surface area contributed by atoms with E-state index in [1.165, 1.54) is 4.90 Å². The van der Waals surface area contributed by atoms with E-state index in [0.717, 1.165) is 5.56 Å². The van der Waals surface area contributed by atoms with Gasteiger partial charge in [0.05, 0.1) is 12.1 Å². The largest absolute Gasteiger partial charge is 0.495 e. The number of rotatable bonds is 5. The van der Waals surface area contributed by atoms with Gasteiger partial charge in [-0.05, 0) is 42.2 Å². The van der Waals surface area contributed by atoms with Gasteiger partial charge >= 0.3 is 0 Å². The van der Waals surface area contributed by atoms with Crippen LogP contribution in [0.25, 0.3) is 0 Å². The SMILES string of the molecule is COc1ccc(C(=O)Cc2ccc(SC)cc2)cc1Cl. The molecule has 0 bridgehead atoms. The highest BCUT2D eigenvalue weighted by Gasteiger charge is 2.10. The molecule has 0 N–H and O–H groups in total. The topological polar surface area (TPSA) is 26.3 Å². The Morgan fingerprint density at radius 3 is 2.45 bits per heavy atom. The Balaban J connectivity index is 2.12. The van der Waals surface area contributed by atoms with Crippen molar-refractivity contribution in [3.63, 3.8) is 0 Å². The zero-order chi connectivity index (χ0) is 14.5. The van der Waals surface area contributed by atoms with Crippen LogP contribution in [0.1, 0.15) is 15.9 Å². The van der Waals surface area contributed by atoms with Gasteiger partial charge in [-0.15, -0.1) is 11.8 Å². The summed E-state index contributed by atoms with van der Waals surface area (Å²) in [5.41, 5.74) is 1.60. The van der Waals surface area contributed by atoms with Crippen LogP contribution in [-0.2, 0) is 6.42 Å². The van der Waals surface area contributed by atoms with Gasteiger partial charge in [0, 0.05) is 16.9 Å². The van der Waals surface area contributed by atoms with Crippen LogP contribution in [-0.4, -0.2) is 19.1 Å². The predicted molar refractivity (Wildman–Crippen MR) is 84.3 cm³/mol. The first-order valence-electron chi connectivity index (χ1n) is 6.13. The molecule has 0 atom stereocenters. The molecule has 0 saturated heterocycles. The van der Waals surface area contributed by atoms with E-state index in [1.54, 1.807) is 37.1 Å². The minimum absolute atomic E-state index is 0.0476. The van der Waals surface area contributed by atoms with Gasteiger partial charge in [-0.3, -0.25) is 4.79 Å². The first kappa shape index (κ1) is 14.9. The van der Waals surface area contributed by atoms with Crippen molar-refractivity contribution in [3.8, 4) is 5.75 Å². The lowest BCUT2D eigenvalue weighted by Crippen LogP contribution is -2.03. The fourth-order valence-electron chi connectivity index (χ4n) is 1.87. The third-order valence-electron chi connectivity index (χ3n) is 3.00. The molecule has 20 heavy (non-hydrogen) atoms. The number of Topliss-reactive ketones (excluding diaryl/α,β-unsaturated/α-hetero) is 1. The van der Waals surface area contributed by atoms with Crippen LogP contribution in [0, 0.1) is 0 Å². The predicted octanol–water partition coefficient (Wildman–Crippen LogP) is 4.50. The minimum atomic E-state index is 0.0476. The van der Waals surface area contributed by atoms with Crippen molar-refractivity contribution in [2.45, 2.75) is 11.3 Å². The van der Waals surface area contributed by atoms with Gasteiger partial charge in [-0.2, -0.15) is 0 Å². The van der Waals surface area contributed by atoms with Gasteiger partial charge < -0.3 is 4.74 Å². The molecule has 2 nitrogen and oxygen atoms in total. The maximum absolute atomic E-state index is 12.2. The van der Waals surface area contributed by atoms with Crippen molar-refractivity contribution in [2.75, 3.05) is 13.4 Å². The van der Waals surface area contributed by atoms with Crippen LogP contribution in [0.5, 0.6) is 5.75 Å². The van der Waals surface area contributed by atoms with E-state index in [9.17, 15) is 4.79 Å². The fourth-order valence-corrected chi connectivity index (χ4v) is 2.54. The quantitative estimate of drug-likeness (QED) is 0.601. The molecule has 0 heterocycles. The lowest BCUT2D eigenvalue weighted by Gasteiger charge is -2.06. The lowest BCUT2D eigenvalue weighted by molar-refractivity contribution is 0.0993. The summed E-state index contributed by atoms with van der Waals surface area (Å²) in [5, 5.41) is 0.455. The smallest absolute Gasteiger partial charge is 0.167 e. The standard InChI is InChI=1S/C16H15ClO2S/c1-19-16-8-5-12(10-14(16)17)15(18)9-11-3-6-13(20-2)7-4-11/h3-8,10H,9H2,1-2H3. The molecule has 0 amide bonds. The summed E-state index contributed by atoms with van der Waals surface area (Å²) in [7, 11) is 1.55. The Labute approximate surface area is 128 Å². The van der Waals surface area contributed by atoms with Crippen molar-refractivity contribution in [1.82, 2.24) is 0 Å². The van der Waals surface area contributed by atoms with Gasteiger partial charge in [0.1, 0.15) is 5.75 Å². The monoisotopic (exact) mass is 306 g/mol. The highest BCUT2D eigenvalue weighted by Crippen LogP contribution is 2.25. The van der Waals surface area contributed by atoms with Crippen LogP contribution in [0.4, 0.5) is 0 Å². The second-order valence-electron chi connectivity index (χ2n) is 4.30. The molecule has 0 aliphatic rings. The summed E-state index contributed by atoms with van der Waals surface area (Å²) in [6.07, 6.45) is 2.40. The van der Waals surface area contributed by atoms with Gasteiger partial charge in [0.2, 0.25) is 0 Å².